The lowest BCUT2D eigenvalue weighted by atomic mass is 10.1. The number of nitrogens with zero attached hydrogens (tertiary/aromatic N) is 2. The van der Waals surface area contributed by atoms with Gasteiger partial charge in [-0.1, -0.05) is 30.3 Å². The van der Waals surface area contributed by atoms with Crippen LogP contribution in [0.5, 0.6) is 0 Å². The van der Waals surface area contributed by atoms with Crippen LogP contribution in [0.4, 0.5) is 4.79 Å². The highest BCUT2D eigenvalue weighted by molar-refractivity contribution is 14.0. The van der Waals surface area contributed by atoms with Crippen LogP contribution >= 0.6 is 24.0 Å². The maximum absolute atomic E-state index is 12.3. The van der Waals surface area contributed by atoms with Crippen molar-refractivity contribution in [3.63, 3.8) is 0 Å². The molecule has 1 atom stereocenters. The number of carbonyl (C=O) groups excluding carboxylic acids is 1. The number of guanidine groups is 1. The second kappa shape index (κ2) is 16.1. The highest BCUT2D eigenvalue weighted by atomic mass is 127. The molecule has 0 spiro atoms. The number of likely N-dealkylation sites (N-methyl/N-ethyl adjacent to an activating group) is 1. The smallest absolute Gasteiger partial charge is 0.408 e. The molecule has 0 saturated heterocycles. The molecular formula is C22H40IN5O3. The summed E-state index contributed by atoms with van der Waals surface area (Å²) in [5.41, 5.74) is 0.440. The van der Waals surface area contributed by atoms with Gasteiger partial charge >= 0.3 is 6.09 Å². The lowest BCUT2D eigenvalue weighted by molar-refractivity contribution is 0.0504. The lowest BCUT2D eigenvalue weighted by Gasteiger charge is -2.25. The predicted molar refractivity (Wildman–Crippen MR) is 137 cm³/mol. The van der Waals surface area contributed by atoms with Crippen molar-refractivity contribution in [2.24, 2.45) is 4.99 Å². The molecule has 1 amide bonds. The van der Waals surface area contributed by atoms with Crippen LogP contribution in [0.2, 0.25) is 0 Å². The number of ether oxygens (including phenoxy) is 2. The Morgan fingerprint density at radius 1 is 1.16 bits per heavy atom. The largest absolute Gasteiger partial charge is 0.444 e. The Morgan fingerprint density at radius 3 is 2.42 bits per heavy atom. The molecule has 9 heteroatoms. The molecule has 0 heterocycles. The summed E-state index contributed by atoms with van der Waals surface area (Å²) in [5.74, 6) is 0.687. The minimum atomic E-state index is -0.550. The standard InChI is InChI=1S/C22H39N5O3.HI/c1-22(2,3)30-21(28)26-19(18-11-8-7-9-12-18)17-25-20(23-4)24-13-15-27(5)14-10-16-29-6;/h7-9,11-12,19H,10,13-17H2,1-6H3,(H,26,28)(H2,23,24,25);1H. The zero-order chi connectivity index (χ0) is 22.4. The summed E-state index contributed by atoms with van der Waals surface area (Å²) in [6, 6.07) is 9.56. The van der Waals surface area contributed by atoms with E-state index in [1.165, 1.54) is 0 Å². The fourth-order valence-corrected chi connectivity index (χ4v) is 2.76. The van der Waals surface area contributed by atoms with Gasteiger partial charge in [-0.25, -0.2) is 4.79 Å². The van der Waals surface area contributed by atoms with E-state index >= 15 is 0 Å². The maximum atomic E-state index is 12.3. The Hall–Kier alpha value is -1.59. The first kappa shape index (κ1) is 29.4. The van der Waals surface area contributed by atoms with Gasteiger partial charge in [-0.15, -0.1) is 24.0 Å². The van der Waals surface area contributed by atoms with Gasteiger partial charge < -0.3 is 30.3 Å². The van der Waals surface area contributed by atoms with Crippen LogP contribution in [-0.4, -0.2) is 76.5 Å². The van der Waals surface area contributed by atoms with E-state index in [4.69, 9.17) is 9.47 Å². The first-order chi connectivity index (χ1) is 14.2. The molecule has 31 heavy (non-hydrogen) atoms. The Morgan fingerprint density at radius 2 is 1.84 bits per heavy atom. The second-order valence-electron chi connectivity index (χ2n) is 8.14. The summed E-state index contributed by atoms with van der Waals surface area (Å²) in [5, 5.41) is 9.55. The molecule has 0 aliphatic rings. The van der Waals surface area contributed by atoms with Gasteiger partial charge in [0, 0.05) is 46.9 Å². The molecule has 0 bridgehead atoms. The van der Waals surface area contributed by atoms with Gasteiger partial charge in [0.25, 0.3) is 0 Å². The molecule has 1 unspecified atom stereocenters. The van der Waals surface area contributed by atoms with Crippen LogP contribution < -0.4 is 16.0 Å². The van der Waals surface area contributed by atoms with Crippen molar-refractivity contribution in [2.45, 2.75) is 38.8 Å². The number of rotatable bonds is 11. The summed E-state index contributed by atoms with van der Waals surface area (Å²) in [4.78, 5) is 18.8. The number of amides is 1. The number of carbonyl (C=O) groups is 1. The Labute approximate surface area is 204 Å². The van der Waals surface area contributed by atoms with Crippen LogP contribution in [0.3, 0.4) is 0 Å². The number of methoxy groups -OCH3 is 1. The highest BCUT2D eigenvalue weighted by Crippen LogP contribution is 2.14. The fraction of sp³-hybridized carbons (Fsp3) is 0.636. The second-order valence-corrected chi connectivity index (χ2v) is 8.14. The van der Waals surface area contributed by atoms with E-state index < -0.39 is 11.7 Å². The molecule has 8 nitrogen and oxygen atoms in total. The number of hydrogen-bond donors (Lipinski definition) is 3. The minimum Gasteiger partial charge on any atom is -0.444 e. The number of aliphatic imine (C=N–C) groups is 1. The number of nitrogens with one attached hydrogen (secondary N) is 3. The fourth-order valence-electron chi connectivity index (χ4n) is 2.76. The summed E-state index contributed by atoms with van der Waals surface area (Å²) in [6.45, 7) is 9.43. The first-order valence-electron chi connectivity index (χ1n) is 10.4. The molecule has 1 aromatic carbocycles. The van der Waals surface area contributed by atoms with Crippen molar-refractivity contribution in [1.29, 1.82) is 0 Å². The molecule has 0 saturated carbocycles. The number of benzene rings is 1. The normalized spacial score (nSPS) is 12.7. The molecule has 3 N–H and O–H groups in total. The molecule has 0 aromatic heterocycles. The molecule has 0 aliphatic carbocycles. The maximum Gasteiger partial charge on any atom is 0.408 e. The Kier molecular flexibility index (Phi) is 15.3. The predicted octanol–water partition coefficient (Wildman–Crippen LogP) is 3.00. The zero-order valence-corrected chi connectivity index (χ0v) is 22.1. The third-order valence-electron chi connectivity index (χ3n) is 4.26. The van der Waals surface area contributed by atoms with Crippen LogP contribution in [0.1, 0.15) is 38.8 Å². The summed E-state index contributed by atoms with van der Waals surface area (Å²) >= 11 is 0. The summed E-state index contributed by atoms with van der Waals surface area (Å²) in [7, 11) is 5.54. The van der Waals surface area contributed by atoms with Gasteiger partial charge in [-0.2, -0.15) is 0 Å². The van der Waals surface area contributed by atoms with E-state index in [-0.39, 0.29) is 30.0 Å². The molecular weight excluding hydrogens is 509 g/mol. The van der Waals surface area contributed by atoms with Crippen molar-refractivity contribution in [2.75, 3.05) is 54.0 Å². The Balaban J connectivity index is 0.00000900. The van der Waals surface area contributed by atoms with Gasteiger partial charge in [0.2, 0.25) is 0 Å². The summed E-state index contributed by atoms with van der Waals surface area (Å²) < 4.78 is 10.5. The first-order valence-corrected chi connectivity index (χ1v) is 10.4. The van der Waals surface area contributed by atoms with Gasteiger partial charge in [-0.05, 0) is 39.8 Å². The van der Waals surface area contributed by atoms with E-state index in [1.54, 1.807) is 14.2 Å². The quantitative estimate of drug-likeness (QED) is 0.170. The van der Waals surface area contributed by atoms with E-state index in [0.29, 0.717) is 12.5 Å². The monoisotopic (exact) mass is 549 g/mol. The number of alkyl carbamates (subject to hydrolysis) is 1. The molecule has 1 rings (SSSR count). The highest BCUT2D eigenvalue weighted by Gasteiger charge is 2.20. The van der Waals surface area contributed by atoms with Gasteiger partial charge in [-0.3, -0.25) is 4.99 Å². The van der Waals surface area contributed by atoms with Gasteiger partial charge in [0.05, 0.1) is 6.04 Å². The SMILES string of the molecule is CN=C(NCCN(C)CCCOC)NCC(NC(=O)OC(C)(C)C)c1ccccc1.I. The minimum absolute atomic E-state index is 0. The van der Waals surface area contributed by atoms with Crippen molar-refractivity contribution >= 4 is 36.0 Å². The lowest BCUT2D eigenvalue weighted by Crippen LogP contribution is -2.45. The van der Waals surface area contributed by atoms with Crippen LogP contribution in [0.25, 0.3) is 0 Å². The molecule has 178 valence electrons. The average Bonchev–Trinajstić information content (AvgIpc) is 2.69. The average molecular weight is 549 g/mol. The number of hydrogen-bond acceptors (Lipinski definition) is 5. The number of halogens is 1. The van der Waals surface area contributed by atoms with E-state index in [2.05, 4.69) is 32.9 Å². The molecule has 0 radical (unpaired) electrons. The third kappa shape index (κ3) is 14.2. The van der Waals surface area contributed by atoms with E-state index in [9.17, 15) is 4.79 Å². The van der Waals surface area contributed by atoms with Crippen LogP contribution in [-0.2, 0) is 9.47 Å². The van der Waals surface area contributed by atoms with E-state index in [1.807, 2.05) is 51.1 Å². The van der Waals surface area contributed by atoms with Crippen molar-refractivity contribution in [1.82, 2.24) is 20.9 Å². The van der Waals surface area contributed by atoms with E-state index in [0.717, 1.165) is 38.2 Å². The van der Waals surface area contributed by atoms with Crippen LogP contribution in [0, 0.1) is 0 Å². The van der Waals surface area contributed by atoms with Crippen molar-refractivity contribution in [3.05, 3.63) is 35.9 Å². The van der Waals surface area contributed by atoms with Gasteiger partial charge in [0.15, 0.2) is 5.96 Å². The van der Waals surface area contributed by atoms with Crippen LogP contribution in [0.15, 0.2) is 35.3 Å². The molecule has 0 aliphatic heterocycles. The van der Waals surface area contributed by atoms with Gasteiger partial charge in [0.1, 0.15) is 5.60 Å². The third-order valence-corrected chi connectivity index (χ3v) is 4.26. The Bertz CT molecular complexity index is 638. The molecule has 1 aromatic rings. The topological polar surface area (TPSA) is 87.2 Å². The van der Waals surface area contributed by atoms with Crippen molar-refractivity contribution < 1.29 is 14.3 Å². The molecule has 0 fully saturated rings. The zero-order valence-electron chi connectivity index (χ0n) is 19.7. The van der Waals surface area contributed by atoms with Crippen molar-refractivity contribution in [3.8, 4) is 0 Å². The summed E-state index contributed by atoms with van der Waals surface area (Å²) in [6.07, 6.45) is 0.563.